The summed E-state index contributed by atoms with van der Waals surface area (Å²) in [6, 6.07) is 16.8. The van der Waals surface area contributed by atoms with Crippen molar-refractivity contribution in [1.29, 1.82) is 0 Å². The highest BCUT2D eigenvalue weighted by atomic mass is 32.2. The molecule has 0 saturated heterocycles. The number of amides is 3. The molecule has 1 aliphatic rings. The van der Waals surface area contributed by atoms with Crippen LogP contribution in [-0.4, -0.2) is 100 Å². The van der Waals surface area contributed by atoms with E-state index in [1.165, 1.54) is 30.6 Å². The SMILES string of the molecule is COc1ccc(NC(=O)Nc2ccc3c(c2)C(=O)N([C@@H](C)CO)C[C@@H](C)[C@H](CN(C)S(=O)(=O)c2ccc(OC)cc2)OCCCC[C@H](C)O3)cc1. The van der Waals surface area contributed by atoms with Crippen molar-refractivity contribution in [1.82, 2.24) is 9.21 Å². The molecule has 3 aromatic carbocycles. The zero-order chi connectivity index (χ0) is 37.1. The quantitative estimate of drug-likeness (QED) is 0.247. The topological polar surface area (TPSA) is 156 Å². The highest BCUT2D eigenvalue weighted by Crippen LogP contribution is 2.29. The van der Waals surface area contributed by atoms with Gasteiger partial charge in [0.2, 0.25) is 10.0 Å². The summed E-state index contributed by atoms with van der Waals surface area (Å²) in [5, 5.41) is 15.8. The maximum atomic E-state index is 14.4. The first-order valence-corrected chi connectivity index (χ1v) is 18.5. The normalized spacial score (nSPS) is 19.6. The number of fused-ring (bicyclic) bond motifs is 1. The number of likely N-dealkylation sites (N-methyl/N-ethyl adjacent to an activating group) is 1. The molecule has 1 heterocycles. The second-order valence-corrected chi connectivity index (χ2v) is 14.8. The number of carbonyl (C=O) groups is 2. The number of carbonyl (C=O) groups excluding carboxylic acids is 2. The number of benzene rings is 3. The standard InChI is InChI=1S/C37H50N4O9S/c1-25-22-41(26(2)24-42)36(43)33-21-29(39-37(44)38-28-10-13-30(47-5)14-11-28)12-19-34(33)50-27(3)9-7-8-20-49-35(25)23-40(4)51(45,46)32-17-15-31(48-6)16-18-32/h10-19,21,25-27,35,42H,7-9,20,22-24H2,1-6H3,(H2,38,39,44)/t25-,26+,27+,35+/m1/s1. The van der Waals surface area contributed by atoms with E-state index in [1.807, 2.05) is 13.8 Å². The average Bonchev–Trinajstić information content (AvgIpc) is 3.12. The molecule has 0 unspecified atom stereocenters. The third-order valence-electron chi connectivity index (χ3n) is 8.86. The molecule has 3 amide bonds. The first-order chi connectivity index (χ1) is 24.4. The maximum Gasteiger partial charge on any atom is 0.323 e. The average molecular weight is 727 g/mol. The van der Waals surface area contributed by atoms with E-state index < -0.39 is 34.1 Å². The number of urea groups is 1. The molecule has 14 heteroatoms. The van der Waals surface area contributed by atoms with Crippen LogP contribution in [0.2, 0.25) is 0 Å². The van der Waals surface area contributed by atoms with Crippen LogP contribution in [-0.2, 0) is 14.8 Å². The number of hydrogen-bond acceptors (Lipinski definition) is 9. The van der Waals surface area contributed by atoms with Crippen LogP contribution in [0.15, 0.2) is 71.6 Å². The predicted octanol–water partition coefficient (Wildman–Crippen LogP) is 5.46. The van der Waals surface area contributed by atoms with Gasteiger partial charge < -0.3 is 39.6 Å². The third kappa shape index (κ3) is 10.6. The summed E-state index contributed by atoms with van der Waals surface area (Å²) in [7, 11) is 0.718. The van der Waals surface area contributed by atoms with Crippen LogP contribution in [0.1, 0.15) is 50.4 Å². The van der Waals surface area contributed by atoms with Crippen LogP contribution >= 0.6 is 0 Å². The molecular weight excluding hydrogens is 676 g/mol. The second-order valence-electron chi connectivity index (χ2n) is 12.8. The summed E-state index contributed by atoms with van der Waals surface area (Å²) in [6.07, 6.45) is 1.38. The van der Waals surface area contributed by atoms with Crippen molar-refractivity contribution in [2.75, 3.05) is 58.2 Å². The molecule has 0 aromatic heterocycles. The number of aliphatic hydroxyl groups is 1. The van der Waals surface area contributed by atoms with E-state index in [9.17, 15) is 23.1 Å². The summed E-state index contributed by atoms with van der Waals surface area (Å²) >= 11 is 0. The Morgan fingerprint density at radius 3 is 2.22 bits per heavy atom. The predicted molar refractivity (Wildman–Crippen MR) is 195 cm³/mol. The van der Waals surface area contributed by atoms with E-state index >= 15 is 0 Å². The minimum absolute atomic E-state index is 0.0402. The number of ether oxygens (including phenoxy) is 4. The lowest BCUT2D eigenvalue weighted by molar-refractivity contribution is -0.00834. The monoisotopic (exact) mass is 726 g/mol. The minimum Gasteiger partial charge on any atom is -0.497 e. The van der Waals surface area contributed by atoms with Gasteiger partial charge in [-0.25, -0.2) is 13.2 Å². The summed E-state index contributed by atoms with van der Waals surface area (Å²) in [5.74, 6) is 0.786. The molecule has 0 bridgehead atoms. The van der Waals surface area contributed by atoms with Crippen molar-refractivity contribution in [2.24, 2.45) is 5.92 Å². The molecule has 0 aliphatic carbocycles. The van der Waals surface area contributed by atoms with E-state index in [2.05, 4.69) is 10.6 Å². The zero-order valence-corrected chi connectivity index (χ0v) is 30.9. The fourth-order valence-corrected chi connectivity index (χ4v) is 6.89. The van der Waals surface area contributed by atoms with Crippen LogP contribution in [0, 0.1) is 5.92 Å². The van der Waals surface area contributed by atoms with Gasteiger partial charge in [0.1, 0.15) is 17.2 Å². The molecule has 0 saturated carbocycles. The van der Waals surface area contributed by atoms with Crippen molar-refractivity contribution in [2.45, 2.75) is 63.2 Å². The van der Waals surface area contributed by atoms with Crippen LogP contribution in [0.4, 0.5) is 16.2 Å². The summed E-state index contributed by atoms with van der Waals surface area (Å²) < 4.78 is 51.3. The highest BCUT2D eigenvalue weighted by molar-refractivity contribution is 7.89. The fraction of sp³-hybridized carbons (Fsp3) is 0.459. The largest absolute Gasteiger partial charge is 0.497 e. The van der Waals surface area contributed by atoms with Gasteiger partial charge in [0.25, 0.3) is 5.91 Å². The van der Waals surface area contributed by atoms with Gasteiger partial charge >= 0.3 is 6.03 Å². The number of anilines is 2. The van der Waals surface area contributed by atoms with E-state index in [1.54, 1.807) is 73.5 Å². The Morgan fingerprint density at radius 1 is 0.980 bits per heavy atom. The first-order valence-electron chi connectivity index (χ1n) is 17.0. The Morgan fingerprint density at radius 2 is 1.59 bits per heavy atom. The smallest absolute Gasteiger partial charge is 0.323 e. The number of aliphatic hydroxyl groups excluding tert-OH is 1. The van der Waals surface area contributed by atoms with Crippen molar-refractivity contribution >= 4 is 33.3 Å². The molecule has 0 fully saturated rings. The summed E-state index contributed by atoms with van der Waals surface area (Å²) in [6.45, 7) is 5.82. The Labute approximate surface area is 300 Å². The van der Waals surface area contributed by atoms with E-state index in [0.29, 0.717) is 41.7 Å². The fourth-order valence-electron chi connectivity index (χ4n) is 5.71. The van der Waals surface area contributed by atoms with Crippen LogP contribution in [0.3, 0.4) is 0 Å². The molecule has 51 heavy (non-hydrogen) atoms. The van der Waals surface area contributed by atoms with Gasteiger partial charge in [-0.15, -0.1) is 0 Å². The van der Waals surface area contributed by atoms with E-state index in [-0.39, 0.29) is 42.2 Å². The molecule has 3 aromatic rings. The number of hydrogen-bond donors (Lipinski definition) is 3. The number of sulfonamides is 1. The molecule has 13 nitrogen and oxygen atoms in total. The Hall–Kier alpha value is -4.37. The molecule has 0 spiro atoms. The number of nitrogens with one attached hydrogen (secondary N) is 2. The van der Waals surface area contributed by atoms with Gasteiger partial charge in [0.05, 0.1) is 49.5 Å². The Balaban J connectivity index is 1.61. The molecular formula is C37H50N4O9S. The number of methoxy groups -OCH3 is 2. The van der Waals surface area contributed by atoms with Crippen molar-refractivity contribution in [3.8, 4) is 17.2 Å². The lowest BCUT2D eigenvalue weighted by atomic mass is 10.0. The van der Waals surface area contributed by atoms with Gasteiger partial charge in [0, 0.05) is 44.0 Å². The lowest BCUT2D eigenvalue weighted by Crippen LogP contribution is -2.48. The van der Waals surface area contributed by atoms with Gasteiger partial charge in [-0.2, -0.15) is 4.31 Å². The van der Waals surface area contributed by atoms with Crippen LogP contribution < -0.4 is 24.8 Å². The molecule has 4 rings (SSSR count). The van der Waals surface area contributed by atoms with Crippen LogP contribution in [0.5, 0.6) is 17.2 Å². The molecule has 1 aliphatic heterocycles. The zero-order valence-electron chi connectivity index (χ0n) is 30.1. The first kappa shape index (κ1) is 39.4. The number of nitrogens with zero attached hydrogens (tertiary/aromatic N) is 2. The molecule has 4 atom stereocenters. The number of rotatable bonds is 10. The minimum atomic E-state index is -3.86. The highest BCUT2D eigenvalue weighted by Gasteiger charge is 2.32. The van der Waals surface area contributed by atoms with Crippen molar-refractivity contribution in [3.63, 3.8) is 0 Å². The lowest BCUT2D eigenvalue weighted by Gasteiger charge is -2.35. The van der Waals surface area contributed by atoms with Gasteiger partial charge in [-0.3, -0.25) is 4.79 Å². The summed E-state index contributed by atoms with van der Waals surface area (Å²) in [4.78, 5) is 29.0. The van der Waals surface area contributed by atoms with Gasteiger partial charge in [0.15, 0.2) is 0 Å². The van der Waals surface area contributed by atoms with E-state index in [4.69, 9.17) is 18.9 Å². The Kier molecular flexibility index (Phi) is 14.1. The Bertz CT molecular complexity index is 1700. The third-order valence-corrected chi connectivity index (χ3v) is 10.7. The van der Waals surface area contributed by atoms with Gasteiger partial charge in [-0.05, 0) is 99.8 Å². The maximum absolute atomic E-state index is 14.4. The van der Waals surface area contributed by atoms with Crippen LogP contribution in [0.25, 0.3) is 0 Å². The van der Waals surface area contributed by atoms with Gasteiger partial charge in [-0.1, -0.05) is 6.92 Å². The molecule has 278 valence electrons. The molecule has 3 N–H and O–H groups in total. The molecule has 0 radical (unpaired) electrons. The van der Waals surface area contributed by atoms with Crippen molar-refractivity contribution in [3.05, 3.63) is 72.3 Å². The van der Waals surface area contributed by atoms with E-state index in [0.717, 1.165) is 12.8 Å². The van der Waals surface area contributed by atoms with Crippen molar-refractivity contribution < 1.29 is 42.1 Å². The summed E-state index contributed by atoms with van der Waals surface area (Å²) in [5.41, 5.74) is 1.13. The second kappa shape index (κ2) is 18.2.